The Morgan fingerprint density at radius 3 is 2.82 bits per heavy atom. The molecule has 0 aliphatic carbocycles. The molecule has 2 aromatic heterocycles. The molecule has 1 aliphatic rings. The van der Waals surface area contributed by atoms with Crippen LogP contribution in [0, 0.1) is 5.82 Å². The molecule has 0 atom stereocenters. The molecule has 6 nitrogen and oxygen atoms in total. The van der Waals surface area contributed by atoms with Crippen LogP contribution in [0.15, 0.2) is 48.8 Å². The van der Waals surface area contributed by atoms with Crippen LogP contribution in [0.3, 0.4) is 0 Å². The second-order valence-corrected chi connectivity index (χ2v) is 7.81. The number of benzene rings is 1. The lowest BCUT2D eigenvalue weighted by Crippen LogP contribution is -2.37. The molecule has 0 fully saturated rings. The van der Waals surface area contributed by atoms with E-state index in [-0.39, 0.29) is 18.0 Å². The van der Waals surface area contributed by atoms with Crippen molar-refractivity contribution in [3.63, 3.8) is 0 Å². The molecule has 0 spiro atoms. The van der Waals surface area contributed by atoms with Crippen LogP contribution >= 0.6 is 0 Å². The standard InChI is InChI=1S/C24H24F3N5O/c1-28-22(33)14-32-9-6-15(7-10-32)20-11-18-19(5-8-29-21(18)13-31-20)30-12-16-3-2-4-17(23(16)25)24(26)27/h2-6,8,11,13,24H,7,9-10,12,14H2,1H3,(H,28,33)(H,29,30). The maximum atomic E-state index is 14.4. The third-order valence-electron chi connectivity index (χ3n) is 5.71. The minimum absolute atomic E-state index is 0.0204. The smallest absolute Gasteiger partial charge is 0.266 e. The number of rotatable bonds is 7. The van der Waals surface area contributed by atoms with Gasteiger partial charge in [-0.2, -0.15) is 0 Å². The van der Waals surface area contributed by atoms with E-state index in [1.54, 1.807) is 25.5 Å². The summed E-state index contributed by atoms with van der Waals surface area (Å²) < 4.78 is 40.4. The molecule has 3 aromatic rings. The van der Waals surface area contributed by atoms with E-state index in [1.807, 2.05) is 6.07 Å². The normalized spacial score (nSPS) is 14.4. The highest BCUT2D eigenvalue weighted by atomic mass is 19.3. The number of anilines is 1. The summed E-state index contributed by atoms with van der Waals surface area (Å²) in [5.74, 6) is -0.914. The van der Waals surface area contributed by atoms with Crippen LogP contribution in [-0.2, 0) is 11.3 Å². The van der Waals surface area contributed by atoms with E-state index in [9.17, 15) is 18.0 Å². The van der Waals surface area contributed by atoms with Gasteiger partial charge in [-0.1, -0.05) is 24.3 Å². The molecular formula is C24H24F3N5O. The summed E-state index contributed by atoms with van der Waals surface area (Å²) >= 11 is 0. The summed E-state index contributed by atoms with van der Waals surface area (Å²) in [4.78, 5) is 22.5. The average Bonchev–Trinajstić information content (AvgIpc) is 2.83. The third-order valence-corrected chi connectivity index (χ3v) is 5.71. The number of carbonyl (C=O) groups is 1. The zero-order valence-electron chi connectivity index (χ0n) is 18.1. The van der Waals surface area contributed by atoms with Crippen LogP contribution in [0.4, 0.5) is 18.9 Å². The average molecular weight is 455 g/mol. The van der Waals surface area contributed by atoms with Gasteiger partial charge < -0.3 is 10.6 Å². The molecule has 172 valence electrons. The van der Waals surface area contributed by atoms with Gasteiger partial charge in [0, 0.05) is 49.5 Å². The number of carbonyl (C=O) groups excluding carboxylic acids is 1. The van der Waals surface area contributed by atoms with Gasteiger partial charge in [0.1, 0.15) is 5.82 Å². The fourth-order valence-electron chi connectivity index (χ4n) is 3.84. The lowest BCUT2D eigenvalue weighted by atomic mass is 10.0. The van der Waals surface area contributed by atoms with Crippen molar-refractivity contribution in [1.82, 2.24) is 20.2 Å². The Kier molecular flexibility index (Phi) is 6.88. The van der Waals surface area contributed by atoms with E-state index < -0.39 is 17.8 Å². The van der Waals surface area contributed by atoms with Crippen molar-refractivity contribution in [3.05, 3.63) is 71.4 Å². The Morgan fingerprint density at radius 1 is 1.24 bits per heavy atom. The van der Waals surface area contributed by atoms with Crippen molar-refractivity contribution in [2.24, 2.45) is 0 Å². The topological polar surface area (TPSA) is 70.2 Å². The number of alkyl halides is 2. The van der Waals surface area contributed by atoms with Gasteiger partial charge in [-0.05, 0) is 24.1 Å². The molecule has 1 amide bonds. The van der Waals surface area contributed by atoms with Crippen molar-refractivity contribution in [1.29, 1.82) is 0 Å². The quantitative estimate of drug-likeness (QED) is 0.560. The van der Waals surface area contributed by atoms with Crippen molar-refractivity contribution in [3.8, 4) is 0 Å². The molecule has 1 aromatic carbocycles. The van der Waals surface area contributed by atoms with Gasteiger partial charge in [-0.25, -0.2) is 13.2 Å². The second kappa shape index (κ2) is 9.99. The summed E-state index contributed by atoms with van der Waals surface area (Å²) in [5.41, 5.74) is 2.83. The fraction of sp³-hybridized carbons (Fsp3) is 0.292. The van der Waals surface area contributed by atoms with Gasteiger partial charge in [0.15, 0.2) is 0 Å². The fourth-order valence-corrected chi connectivity index (χ4v) is 3.84. The summed E-state index contributed by atoms with van der Waals surface area (Å²) in [6.45, 7) is 1.81. The van der Waals surface area contributed by atoms with E-state index in [0.717, 1.165) is 35.7 Å². The summed E-state index contributed by atoms with van der Waals surface area (Å²) in [7, 11) is 1.62. The molecule has 9 heteroatoms. The zero-order valence-corrected chi connectivity index (χ0v) is 18.1. The number of amides is 1. The van der Waals surface area contributed by atoms with Crippen LogP contribution in [0.1, 0.15) is 29.7 Å². The monoisotopic (exact) mass is 455 g/mol. The van der Waals surface area contributed by atoms with Gasteiger partial charge >= 0.3 is 0 Å². The first-order chi connectivity index (χ1) is 16.0. The van der Waals surface area contributed by atoms with E-state index >= 15 is 0 Å². The largest absolute Gasteiger partial charge is 0.380 e. The first-order valence-corrected chi connectivity index (χ1v) is 10.6. The zero-order chi connectivity index (χ0) is 23.4. The highest BCUT2D eigenvalue weighted by Crippen LogP contribution is 2.28. The van der Waals surface area contributed by atoms with E-state index in [4.69, 9.17) is 0 Å². The molecule has 4 rings (SSSR count). The molecule has 0 bridgehead atoms. The molecule has 3 heterocycles. The summed E-state index contributed by atoms with van der Waals surface area (Å²) in [5, 5.41) is 6.59. The van der Waals surface area contributed by atoms with Gasteiger partial charge in [0.25, 0.3) is 6.43 Å². The number of fused-ring (bicyclic) bond motifs is 1. The minimum atomic E-state index is -2.86. The number of nitrogens with one attached hydrogen (secondary N) is 2. The van der Waals surface area contributed by atoms with Crippen molar-refractivity contribution in [2.75, 3.05) is 32.0 Å². The van der Waals surface area contributed by atoms with Crippen LogP contribution in [0.5, 0.6) is 0 Å². The van der Waals surface area contributed by atoms with Crippen LogP contribution in [0.25, 0.3) is 16.5 Å². The second-order valence-electron chi connectivity index (χ2n) is 7.81. The first kappa shape index (κ1) is 22.7. The lowest BCUT2D eigenvalue weighted by molar-refractivity contribution is -0.121. The highest BCUT2D eigenvalue weighted by Gasteiger charge is 2.18. The van der Waals surface area contributed by atoms with Crippen LogP contribution in [-0.4, -0.2) is 47.5 Å². The Balaban J connectivity index is 1.55. The Hall–Kier alpha value is -3.46. The third kappa shape index (κ3) is 5.14. The van der Waals surface area contributed by atoms with Crippen LogP contribution < -0.4 is 10.6 Å². The van der Waals surface area contributed by atoms with E-state index in [0.29, 0.717) is 24.3 Å². The predicted octanol–water partition coefficient (Wildman–Crippen LogP) is 4.15. The van der Waals surface area contributed by atoms with E-state index in [2.05, 4.69) is 31.6 Å². The number of halogens is 3. The molecule has 2 N–H and O–H groups in total. The van der Waals surface area contributed by atoms with Gasteiger partial charge in [-0.3, -0.25) is 19.7 Å². The Morgan fingerprint density at radius 2 is 2.09 bits per heavy atom. The van der Waals surface area contributed by atoms with Crippen molar-refractivity contribution >= 4 is 28.1 Å². The summed E-state index contributed by atoms with van der Waals surface area (Å²) in [6.07, 6.45) is 3.26. The Labute approximate surface area is 189 Å². The SMILES string of the molecule is CNC(=O)CN1CC=C(c2cc3c(NCc4cccc(C(F)F)c4F)ccnc3cn2)CC1. The van der Waals surface area contributed by atoms with Crippen LogP contribution in [0.2, 0.25) is 0 Å². The molecule has 33 heavy (non-hydrogen) atoms. The number of likely N-dealkylation sites (N-methyl/N-ethyl adjacent to an activating group) is 1. The molecule has 0 saturated carbocycles. The lowest BCUT2D eigenvalue weighted by Gasteiger charge is -2.25. The minimum Gasteiger partial charge on any atom is -0.380 e. The highest BCUT2D eigenvalue weighted by molar-refractivity contribution is 5.92. The number of aromatic nitrogens is 2. The van der Waals surface area contributed by atoms with Crippen molar-refractivity contribution in [2.45, 2.75) is 19.4 Å². The number of hydrogen-bond acceptors (Lipinski definition) is 5. The van der Waals surface area contributed by atoms with Gasteiger partial charge in [0.05, 0.1) is 29.5 Å². The van der Waals surface area contributed by atoms with E-state index in [1.165, 1.54) is 12.1 Å². The molecule has 0 saturated heterocycles. The van der Waals surface area contributed by atoms with Gasteiger partial charge in [-0.15, -0.1) is 0 Å². The van der Waals surface area contributed by atoms with Gasteiger partial charge in [0.2, 0.25) is 5.91 Å². The molecule has 0 unspecified atom stereocenters. The number of hydrogen-bond donors (Lipinski definition) is 2. The maximum absolute atomic E-state index is 14.4. The summed E-state index contributed by atoms with van der Waals surface area (Å²) in [6, 6.07) is 7.70. The molecular weight excluding hydrogens is 431 g/mol. The number of nitrogens with zero attached hydrogens (tertiary/aromatic N) is 3. The molecule has 1 aliphatic heterocycles. The first-order valence-electron chi connectivity index (χ1n) is 10.6. The number of pyridine rings is 2. The Bertz CT molecular complexity index is 1200. The molecule has 0 radical (unpaired) electrons. The van der Waals surface area contributed by atoms with Crippen molar-refractivity contribution < 1.29 is 18.0 Å². The maximum Gasteiger partial charge on any atom is 0.266 e. The predicted molar refractivity (Wildman–Crippen MR) is 121 cm³/mol.